The third-order valence-electron chi connectivity index (χ3n) is 4.95. The highest BCUT2D eigenvalue weighted by molar-refractivity contribution is 7.20. The summed E-state index contributed by atoms with van der Waals surface area (Å²) in [7, 11) is 0. The largest absolute Gasteiger partial charge is 0.467 e. The van der Waals surface area contributed by atoms with Gasteiger partial charge in [0.2, 0.25) is 0 Å². The number of nitrogens with zero attached hydrogens (tertiary/aromatic N) is 2. The SMILES string of the molecule is Cc1cccc2sc(OC3CCN(C(=O)NCc4ccc(Cl)cc4)CC3)nc12. The lowest BCUT2D eigenvalue weighted by Crippen LogP contribution is -2.46. The molecule has 146 valence electrons. The smallest absolute Gasteiger partial charge is 0.317 e. The fourth-order valence-corrected chi connectivity index (χ4v) is 4.41. The molecule has 28 heavy (non-hydrogen) atoms. The van der Waals surface area contributed by atoms with Gasteiger partial charge < -0.3 is 15.0 Å². The Kier molecular flexibility index (Phi) is 5.69. The van der Waals surface area contributed by atoms with Crippen LogP contribution in [-0.4, -0.2) is 35.1 Å². The minimum absolute atomic E-state index is 0.0380. The van der Waals surface area contributed by atoms with Crippen LogP contribution in [0.2, 0.25) is 5.02 Å². The molecule has 0 atom stereocenters. The number of ether oxygens (including phenoxy) is 1. The molecule has 7 heteroatoms. The molecule has 1 aliphatic rings. The summed E-state index contributed by atoms with van der Waals surface area (Å²) in [4.78, 5) is 18.9. The number of fused-ring (bicyclic) bond motifs is 1. The van der Waals surface area contributed by atoms with Gasteiger partial charge in [-0.1, -0.05) is 47.2 Å². The van der Waals surface area contributed by atoms with Crippen molar-refractivity contribution in [3.63, 3.8) is 0 Å². The van der Waals surface area contributed by atoms with Crippen molar-refractivity contribution < 1.29 is 9.53 Å². The van der Waals surface area contributed by atoms with E-state index in [4.69, 9.17) is 16.3 Å². The van der Waals surface area contributed by atoms with Crippen LogP contribution in [0.4, 0.5) is 4.79 Å². The van der Waals surface area contributed by atoms with Crippen LogP contribution in [-0.2, 0) is 6.54 Å². The Hall–Kier alpha value is -2.31. The number of benzene rings is 2. The molecule has 1 N–H and O–H groups in total. The summed E-state index contributed by atoms with van der Waals surface area (Å²) in [5, 5.41) is 4.38. The molecule has 2 amide bonds. The molecule has 4 rings (SSSR count). The molecule has 1 aliphatic heterocycles. The number of hydrogen-bond acceptors (Lipinski definition) is 4. The van der Waals surface area contributed by atoms with Crippen LogP contribution >= 0.6 is 22.9 Å². The van der Waals surface area contributed by atoms with E-state index in [0.717, 1.165) is 39.4 Å². The number of para-hydroxylation sites is 1. The van der Waals surface area contributed by atoms with Gasteiger partial charge in [-0.3, -0.25) is 0 Å². The van der Waals surface area contributed by atoms with Gasteiger partial charge >= 0.3 is 6.03 Å². The number of hydrogen-bond donors (Lipinski definition) is 1. The lowest BCUT2D eigenvalue weighted by molar-refractivity contribution is 0.111. The Labute approximate surface area is 173 Å². The van der Waals surface area contributed by atoms with E-state index in [0.29, 0.717) is 24.7 Å². The molecule has 0 unspecified atom stereocenters. The number of amides is 2. The normalized spacial score (nSPS) is 15.0. The number of likely N-dealkylation sites (tertiary alicyclic amines) is 1. The maximum atomic E-state index is 12.4. The van der Waals surface area contributed by atoms with E-state index in [9.17, 15) is 4.79 Å². The van der Waals surface area contributed by atoms with E-state index >= 15 is 0 Å². The molecular formula is C21H22ClN3O2S. The van der Waals surface area contributed by atoms with E-state index < -0.39 is 0 Å². The zero-order valence-electron chi connectivity index (χ0n) is 15.7. The second-order valence-electron chi connectivity index (χ2n) is 6.99. The summed E-state index contributed by atoms with van der Waals surface area (Å²) in [5.74, 6) is 0. The number of piperidine rings is 1. The number of rotatable bonds is 4. The predicted molar refractivity (Wildman–Crippen MR) is 113 cm³/mol. The molecule has 1 saturated heterocycles. The summed E-state index contributed by atoms with van der Waals surface area (Å²) in [6, 6.07) is 13.6. The number of carbonyl (C=O) groups is 1. The number of aromatic nitrogens is 1. The van der Waals surface area contributed by atoms with Gasteiger partial charge in [-0.25, -0.2) is 9.78 Å². The average molecular weight is 416 g/mol. The van der Waals surface area contributed by atoms with Crippen molar-refractivity contribution in [1.82, 2.24) is 15.2 Å². The van der Waals surface area contributed by atoms with E-state index in [1.165, 1.54) is 0 Å². The Morgan fingerprint density at radius 3 is 2.71 bits per heavy atom. The van der Waals surface area contributed by atoms with Gasteiger partial charge in [0, 0.05) is 37.5 Å². The Morgan fingerprint density at radius 2 is 2.00 bits per heavy atom. The first kappa shape index (κ1) is 19.0. The predicted octanol–water partition coefficient (Wildman–Crippen LogP) is 5.01. The number of aryl methyl sites for hydroxylation is 1. The monoisotopic (exact) mass is 415 g/mol. The second-order valence-corrected chi connectivity index (χ2v) is 8.42. The molecule has 0 bridgehead atoms. The van der Waals surface area contributed by atoms with Gasteiger partial charge in [0.1, 0.15) is 6.10 Å². The molecular weight excluding hydrogens is 394 g/mol. The highest BCUT2D eigenvalue weighted by atomic mass is 35.5. The van der Waals surface area contributed by atoms with E-state index in [2.05, 4.69) is 29.4 Å². The minimum atomic E-state index is -0.0380. The topological polar surface area (TPSA) is 54.5 Å². The number of urea groups is 1. The van der Waals surface area contributed by atoms with Crippen LogP contribution in [0.5, 0.6) is 5.19 Å². The van der Waals surface area contributed by atoms with Crippen molar-refractivity contribution in [3.8, 4) is 5.19 Å². The number of nitrogens with one attached hydrogen (secondary N) is 1. The highest BCUT2D eigenvalue weighted by Gasteiger charge is 2.24. The number of thiazole rings is 1. The van der Waals surface area contributed by atoms with Gasteiger partial charge in [0.25, 0.3) is 5.19 Å². The fraction of sp³-hybridized carbons (Fsp3) is 0.333. The molecule has 0 radical (unpaired) electrons. The first-order chi connectivity index (χ1) is 13.6. The molecule has 0 spiro atoms. The molecule has 0 aliphatic carbocycles. The molecule has 1 aromatic heterocycles. The standard InChI is InChI=1S/C21H22ClN3O2S/c1-14-3-2-4-18-19(14)24-21(28-18)27-17-9-11-25(12-10-17)20(26)23-13-15-5-7-16(22)8-6-15/h2-8,17H,9-13H2,1H3,(H,23,26). The Bertz CT molecular complexity index is 965. The van der Waals surface area contributed by atoms with Crippen molar-refractivity contribution in [2.45, 2.75) is 32.4 Å². The maximum absolute atomic E-state index is 12.4. The van der Waals surface area contributed by atoms with Crippen molar-refractivity contribution in [2.24, 2.45) is 0 Å². The lowest BCUT2D eigenvalue weighted by Gasteiger charge is -2.31. The van der Waals surface area contributed by atoms with Crippen LogP contribution in [0.1, 0.15) is 24.0 Å². The molecule has 3 aromatic rings. The van der Waals surface area contributed by atoms with Crippen molar-refractivity contribution >= 4 is 39.2 Å². The van der Waals surface area contributed by atoms with Crippen LogP contribution < -0.4 is 10.1 Å². The third-order valence-corrected chi connectivity index (χ3v) is 6.12. The van der Waals surface area contributed by atoms with Crippen LogP contribution in [0.3, 0.4) is 0 Å². The van der Waals surface area contributed by atoms with Gasteiger partial charge in [-0.2, -0.15) is 0 Å². The molecule has 1 fully saturated rings. The first-order valence-corrected chi connectivity index (χ1v) is 10.6. The zero-order chi connectivity index (χ0) is 19.5. The Morgan fingerprint density at radius 1 is 1.25 bits per heavy atom. The van der Waals surface area contributed by atoms with E-state index in [-0.39, 0.29) is 12.1 Å². The van der Waals surface area contributed by atoms with Crippen LogP contribution in [0, 0.1) is 6.92 Å². The minimum Gasteiger partial charge on any atom is -0.467 e. The van der Waals surface area contributed by atoms with E-state index in [1.54, 1.807) is 11.3 Å². The average Bonchev–Trinajstić information content (AvgIpc) is 3.12. The first-order valence-electron chi connectivity index (χ1n) is 9.38. The summed E-state index contributed by atoms with van der Waals surface area (Å²) < 4.78 is 7.25. The number of carbonyl (C=O) groups excluding carboxylic acids is 1. The summed E-state index contributed by atoms with van der Waals surface area (Å²) >= 11 is 7.47. The van der Waals surface area contributed by atoms with Gasteiger partial charge in [0.05, 0.1) is 10.2 Å². The summed E-state index contributed by atoms with van der Waals surface area (Å²) in [5.41, 5.74) is 3.21. The van der Waals surface area contributed by atoms with Gasteiger partial charge in [-0.05, 0) is 36.2 Å². The maximum Gasteiger partial charge on any atom is 0.317 e. The highest BCUT2D eigenvalue weighted by Crippen LogP contribution is 2.31. The van der Waals surface area contributed by atoms with Crippen molar-refractivity contribution in [1.29, 1.82) is 0 Å². The molecule has 2 heterocycles. The molecule has 2 aromatic carbocycles. The molecule has 5 nitrogen and oxygen atoms in total. The van der Waals surface area contributed by atoms with E-state index in [1.807, 2.05) is 35.2 Å². The quantitative estimate of drug-likeness (QED) is 0.651. The van der Waals surface area contributed by atoms with Crippen molar-refractivity contribution in [3.05, 3.63) is 58.6 Å². The van der Waals surface area contributed by atoms with Gasteiger partial charge in [-0.15, -0.1) is 0 Å². The zero-order valence-corrected chi connectivity index (χ0v) is 17.2. The summed E-state index contributed by atoms with van der Waals surface area (Å²) in [6.45, 7) is 3.92. The lowest BCUT2D eigenvalue weighted by atomic mass is 10.1. The summed E-state index contributed by atoms with van der Waals surface area (Å²) in [6.07, 6.45) is 1.72. The fourth-order valence-electron chi connectivity index (χ4n) is 3.33. The van der Waals surface area contributed by atoms with Crippen LogP contribution in [0.15, 0.2) is 42.5 Å². The molecule has 0 saturated carbocycles. The van der Waals surface area contributed by atoms with Gasteiger partial charge in [0.15, 0.2) is 0 Å². The number of halogens is 1. The third kappa shape index (κ3) is 4.39. The van der Waals surface area contributed by atoms with Crippen molar-refractivity contribution in [2.75, 3.05) is 13.1 Å². The second kappa shape index (κ2) is 8.37. The Balaban J connectivity index is 1.27. The van der Waals surface area contributed by atoms with Crippen LogP contribution in [0.25, 0.3) is 10.2 Å².